The van der Waals surface area contributed by atoms with Crippen LogP contribution in [0, 0.1) is 5.82 Å². The van der Waals surface area contributed by atoms with Crippen molar-refractivity contribution in [1.29, 1.82) is 0 Å². The Balaban J connectivity index is 2.83. The van der Waals surface area contributed by atoms with E-state index in [0.29, 0.717) is 0 Å². The van der Waals surface area contributed by atoms with E-state index in [4.69, 9.17) is 0 Å². The van der Waals surface area contributed by atoms with Gasteiger partial charge in [0, 0.05) is 11.3 Å². The van der Waals surface area contributed by atoms with Gasteiger partial charge in [-0.25, -0.2) is 12.8 Å². The van der Waals surface area contributed by atoms with Crippen LogP contribution in [0.1, 0.15) is 17.3 Å². The van der Waals surface area contributed by atoms with Crippen molar-refractivity contribution in [3.8, 4) is 0 Å². The van der Waals surface area contributed by atoms with Crippen LogP contribution >= 0.6 is 0 Å². The van der Waals surface area contributed by atoms with Gasteiger partial charge in [0.15, 0.2) is 15.6 Å². The molecule has 0 radical (unpaired) electrons. The van der Waals surface area contributed by atoms with E-state index in [2.05, 4.69) is 0 Å². The summed E-state index contributed by atoms with van der Waals surface area (Å²) in [5.41, 5.74) is 0.216. The predicted octanol–water partition coefficient (Wildman–Crippen LogP) is 1.44. The minimum atomic E-state index is -3.32. The van der Waals surface area contributed by atoms with Gasteiger partial charge < -0.3 is 0 Å². The molecule has 0 N–H and O–H groups in total. The Morgan fingerprint density at radius 1 is 1.27 bits per heavy atom. The topological polar surface area (TPSA) is 51.2 Å². The summed E-state index contributed by atoms with van der Waals surface area (Å²) >= 11 is 0. The van der Waals surface area contributed by atoms with Gasteiger partial charge in [-0.1, -0.05) is 6.92 Å². The Bertz CT molecular complexity index is 448. The molecule has 0 atom stereocenters. The van der Waals surface area contributed by atoms with Gasteiger partial charge in [0.25, 0.3) is 0 Å². The molecule has 0 bridgehead atoms. The van der Waals surface area contributed by atoms with Gasteiger partial charge in [-0.3, -0.25) is 4.79 Å². The molecule has 0 aliphatic heterocycles. The first-order chi connectivity index (χ1) is 6.94. The minimum Gasteiger partial charge on any atom is -0.293 e. The van der Waals surface area contributed by atoms with Crippen molar-refractivity contribution in [1.82, 2.24) is 0 Å². The van der Waals surface area contributed by atoms with Crippen LogP contribution in [-0.4, -0.2) is 25.7 Å². The quantitative estimate of drug-likeness (QED) is 0.735. The lowest BCUT2D eigenvalue weighted by atomic mass is 10.1. The standard InChI is InChI=1S/C10H11FO3S/c1-2-15(13,14)7-10(12)8-3-5-9(11)6-4-8/h3-6H,2,7H2,1H3. The highest BCUT2D eigenvalue weighted by Gasteiger charge is 2.15. The SMILES string of the molecule is CCS(=O)(=O)CC(=O)c1ccc(F)cc1. The van der Waals surface area contributed by atoms with Crippen molar-refractivity contribution in [2.24, 2.45) is 0 Å². The zero-order valence-corrected chi connectivity index (χ0v) is 9.05. The van der Waals surface area contributed by atoms with Crippen LogP contribution in [0.15, 0.2) is 24.3 Å². The summed E-state index contributed by atoms with van der Waals surface area (Å²) in [6.45, 7) is 1.48. The lowest BCUT2D eigenvalue weighted by molar-refractivity contribution is 0.102. The van der Waals surface area contributed by atoms with Gasteiger partial charge in [-0.2, -0.15) is 0 Å². The molecule has 15 heavy (non-hydrogen) atoms. The zero-order valence-electron chi connectivity index (χ0n) is 8.23. The summed E-state index contributed by atoms with van der Waals surface area (Å²) < 4.78 is 34.8. The molecule has 5 heteroatoms. The van der Waals surface area contributed by atoms with E-state index in [9.17, 15) is 17.6 Å². The molecule has 1 aromatic carbocycles. The molecule has 0 aliphatic rings. The highest BCUT2D eigenvalue weighted by atomic mass is 32.2. The Kier molecular flexibility index (Phi) is 3.57. The molecular weight excluding hydrogens is 219 g/mol. The third kappa shape index (κ3) is 3.43. The highest BCUT2D eigenvalue weighted by molar-refractivity contribution is 7.92. The molecular formula is C10H11FO3S. The van der Waals surface area contributed by atoms with Crippen LogP contribution in [0.5, 0.6) is 0 Å². The second-order valence-corrected chi connectivity index (χ2v) is 5.46. The number of sulfone groups is 1. The fraction of sp³-hybridized carbons (Fsp3) is 0.300. The normalized spacial score (nSPS) is 11.3. The van der Waals surface area contributed by atoms with Crippen molar-refractivity contribution in [2.75, 3.05) is 11.5 Å². The van der Waals surface area contributed by atoms with Crippen molar-refractivity contribution in [3.05, 3.63) is 35.6 Å². The molecule has 0 saturated heterocycles. The fourth-order valence-electron chi connectivity index (χ4n) is 1.02. The summed E-state index contributed by atoms with van der Waals surface area (Å²) in [7, 11) is -3.32. The number of Topliss-reactive ketones (excluding diaryl/α,β-unsaturated/α-hetero) is 1. The second-order valence-electron chi connectivity index (χ2n) is 3.11. The third-order valence-corrected chi connectivity index (χ3v) is 3.54. The first-order valence-corrected chi connectivity index (χ1v) is 6.26. The number of ketones is 1. The van der Waals surface area contributed by atoms with Crippen LogP contribution in [0.25, 0.3) is 0 Å². The van der Waals surface area contributed by atoms with Crippen molar-refractivity contribution in [2.45, 2.75) is 6.92 Å². The Morgan fingerprint density at radius 2 is 1.80 bits per heavy atom. The Labute approximate surface area is 87.8 Å². The first-order valence-electron chi connectivity index (χ1n) is 4.44. The van der Waals surface area contributed by atoms with E-state index in [-0.39, 0.29) is 11.3 Å². The molecule has 0 fully saturated rings. The lowest BCUT2D eigenvalue weighted by Gasteiger charge is -2.00. The summed E-state index contributed by atoms with van der Waals surface area (Å²) in [5.74, 6) is -1.54. The van der Waals surface area contributed by atoms with Gasteiger partial charge in [0.1, 0.15) is 11.6 Å². The van der Waals surface area contributed by atoms with E-state index in [1.54, 1.807) is 0 Å². The zero-order chi connectivity index (χ0) is 11.5. The fourth-order valence-corrected chi connectivity index (χ4v) is 1.79. The van der Waals surface area contributed by atoms with Crippen molar-refractivity contribution >= 4 is 15.6 Å². The molecule has 0 amide bonds. The molecule has 82 valence electrons. The summed E-state index contributed by atoms with van der Waals surface area (Å²) in [6, 6.07) is 4.82. The third-order valence-electron chi connectivity index (χ3n) is 1.96. The maximum atomic E-state index is 12.5. The van der Waals surface area contributed by atoms with E-state index < -0.39 is 27.2 Å². The molecule has 0 aliphatic carbocycles. The van der Waals surface area contributed by atoms with Crippen LogP contribution in [0.3, 0.4) is 0 Å². The Morgan fingerprint density at radius 3 is 2.27 bits per heavy atom. The Hall–Kier alpha value is -1.23. The molecule has 3 nitrogen and oxygen atoms in total. The number of benzene rings is 1. The highest BCUT2D eigenvalue weighted by Crippen LogP contribution is 2.05. The van der Waals surface area contributed by atoms with E-state index in [0.717, 1.165) is 12.1 Å². The van der Waals surface area contributed by atoms with E-state index in [1.165, 1.54) is 19.1 Å². The summed E-state index contributed by atoms with van der Waals surface area (Å²) in [5, 5.41) is 0. The summed E-state index contributed by atoms with van der Waals surface area (Å²) in [4.78, 5) is 11.4. The van der Waals surface area contributed by atoms with Crippen molar-refractivity contribution in [3.63, 3.8) is 0 Å². The lowest BCUT2D eigenvalue weighted by Crippen LogP contribution is -2.17. The van der Waals surface area contributed by atoms with E-state index in [1.807, 2.05) is 0 Å². The molecule has 0 saturated carbocycles. The van der Waals surface area contributed by atoms with Gasteiger partial charge in [-0.15, -0.1) is 0 Å². The summed E-state index contributed by atoms with van der Waals surface area (Å²) in [6.07, 6.45) is 0. The number of hydrogen-bond acceptors (Lipinski definition) is 3. The smallest absolute Gasteiger partial charge is 0.177 e. The molecule has 0 heterocycles. The molecule has 1 rings (SSSR count). The van der Waals surface area contributed by atoms with E-state index >= 15 is 0 Å². The van der Waals surface area contributed by atoms with Gasteiger partial charge in [-0.05, 0) is 24.3 Å². The number of halogens is 1. The average Bonchev–Trinajstić information content (AvgIpc) is 2.18. The van der Waals surface area contributed by atoms with Crippen LogP contribution in [-0.2, 0) is 9.84 Å². The number of hydrogen-bond donors (Lipinski definition) is 0. The maximum absolute atomic E-state index is 12.5. The number of carbonyl (C=O) groups excluding carboxylic acids is 1. The largest absolute Gasteiger partial charge is 0.293 e. The molecule has 0 spiro atoms. The molecule has 0 unspecified atom stereocenters. The van der Waals surface area contributed by atoms with Gasteiger partial charge in [0.05, 0.1) is 0 Å². The molecule has 1 aromatic rings. The monoisotopic (exact) mass is 230 g/mol. The van der Waals surface area contributed by atoms with Crippen LogP contribution < -0.4 is 0 Å². The first kappa shape index (κ1) is 11.8. The number of rotatable bonds is 4. The van der Waals surface area contributed by atoms with Crippen LogP contribution in [0.2, 0.25) is 0 Å². The molecule has 0 aromatic heterocycles. The minimum absolute atomic E-state index is 0.0695. The van der Waals surface area contributed by atoms with Gasteiger partial charge in [0.2, 0.25) is 0 Å². The van der Waals surface area contributed by atoms with Crippen LogP contribution in [0.4, 0.5) is 4.39 Å². The predicted molar refractivity (Wildman–Crippen MR) is 55.1 cm³/mol. The maximum Gasteiger partial charge on any atom is 0.177 e. The number of carbonyl (C=O) groups is 1. The average molecular weight is 230 g/mol. The van der Waals surface area contributed by atoms with Gasteiger partial charge >= 0.3 is 0 Å². The van der Waals surface area contributed by atoms with Crippen molar-refractivity contribution < 1.29 is 17.6 Å². The second kappa shape index (κ2) is 4.53.